The monoisotopic (exact) mass is 381 g/mol. The molecule has 5 rings (SSSR count). The van der Waals surface area contributed by atoms with Crippen molar-refractivity contribution in [2.75, 3.05) is 19.6 Å². The summed E-state index contributed by atoms with van der Waals surface area (Å²) in [5, 5.41) is 18.4. The molecule has 28 heavy (non-hydrogen) atoms. The van der Waals surface area contributed by atoms with E-state index in [9.17, 15) is 9.50 Å². The van der Waals surface area contributed by atoms with Gasteiger partial charge in [0, 0.05) is 30.0 Å². The quantitative estimate of drug-likeness (QED) is 0.713. The van der Waals surface area contributed by atoms with E-state index in [1.54, 1.807) is 12.1 Å². The lowest BCUT2D eigenvalue weighted by atomic mass is 9.91. The highest BCUT2D eigenvalue weighted by Gasteiger charge is 2.27. The first-order valence-corrected chi connectivity index (χ1v) is 10.00. The van der Waals surface area contributed by atoms with Gasteiger partial charge in [0.15, 0.2) is 5.58 Å². The van der Waals surface area contributed by atoms with E-state index >= 15 is 0 Å². The van der Waals surface area contributed by atoms with E-state index in [4.69, 9.17) is 4.52 Å². The van der Waals surface area contributed by atoms with Gasteiger partial charge in [-0.15, -0.1) is 0 Å². The number of aromatic hydroxyl groups is 1. The average Bonchev–Trinajstić information content (AvgIpc) is 3.30. The third-order valence-corrected chi connectivity index (χ3v) is 6.21. The predicted octanol–water partition coefficient (Wildman–Crippen LogP) is 4.09. The molecule has 2 N–H and O–H groups in total. The number of aromatic nitrogens is 1. The highest BCUT2D eigenvalue weighted by Crippen LogP contribution is 2.34. The van der Waals surface area contributed by atoms with Crippen LogP contribution >= 0.6 is 0 Å². The smallest absolute Gasteiger partial charge is 0.170 e. The Hall–Kier alpha value is -2.44. The van der Waals surface area contributed by atoms with Gasteiger partial charge in [-0.1, -0.05) is 11.2 Å². The largest absolute Gasteiger partial charge is 0.508 e. The van der Waals surface area contributed by atoms with E-state index in [0.29, 0.717) is 23.3 Å². The second-order valence-corrected chi connectivity index (χ2v) is 7.93. The van der Waals surface area contributed by atoms with Gasteiger partial charge in [0.2, 0.25) is 0 Å². The Kier molecular flexibility index (Phi) is 4.53. The number of halogens is 1. The van der Waals surface area contributed by atoms with Gasteiger partial charge in [0.05, 0.1) is 5.69 Å². The standard InChI is InChI=1S/C22H24FN3O2/c23-16-1-3-19-21(12-16)28-25-22(19)14-5-8-26(9-6-14)10-7-20-18-4-2-17(27)11-15(18)13-24-20/h1-4,11-12,14,20,24,27H,5-10,13H2. The number of hydrogen-bond donors (Lipinski definition) is 2. The van der Waals surface area contributed by atoms with E-state index in [1.807, 2.05) is 12.1 Å². The van der Waals surface area contributed by atoms with Gasteiger partial charge in [0.1, 0.15) is 11.6 Å². The summed E-state index contributed by atoms with van der Waals surface area (Å²) in [6.07, 6.45) is 3.15. The zero-order valence-electron chi connectivity index (χ0n) is 15.7. The molecule has 0 saturated carbocycles. The first-order chi connectivity index (χ1) is 13.7. The minimum Gasteiger partial charge on any atom is -0.508 e. The maximum absolute atomic E-state index is 13.4. The average molecular weight is 381 g/mol. The Balaban J connectivity index is 1.18. The molecule has 6 heteroatoms. The molecular weight excluding hydrogens is 357 g/mol. The van der Waals surface area contributed by atoms with Gasteiger partial charge in [-0.3, -0.25) is 0 Å². The SMILES string of the molecule is Oc1ccc2c(c1)CNC2CCN1CCC(c2noc3cc(F)ccc23)CC1. The summed E-state index contributed by atoms with van der Waals surface area (Å²) in [5.41, 5.74) is 4.03. The van der Waals surface area contributed by atoms with Crippen molar-refractivity contribution in [3.05, 3.63) is 59.0 Å². The van der Waals surface area contributed by atoms with Crippen molar-refractivity contribution >= 4 is 11.0 Å². The van der Waals surface area contributed by atoms with Gasteiger partial charge in [-0.25, -0.2) is 4.39 Å². The number of likely N-dealkylation sites (tertiary alicyclic amines) is 1. The molecule has 1 unspecified atom stereocenters. The van der Waals surface area contributed by atoms with Crippen LogP contribution in [0.2, 0.25) is 0 Å². The number of hydrogen-bond acceptors (Lipinski definition) is 5. The molecule has 2 aliphatic heterocycles. The van der Waals surface area contributed by atoms with Crippen molar-refractivity contribution in [1.29, 1.82) is 0 Å². The van der Waals surface area contributed by atoms with Crippen LogP contribution in [0.5, 0.6) is 5.75 Å². The molecule has 0 radical (unpaired) electrons. The fourth-order valence-electron chi connectivity index (χ4n) is 4.65. The molecule has 2 aromatic carbocycles. The molecule has 0 amide bonds. The van der Waals surface area contributed by atoms with Crippen LogP contribution in [0, 0.1) is 5.82 Å². The second-order valence-electron chi connectivity index (χ2n) is 7.93. The lowest BCUT2D eigenvalue weighted by Crippen LogP contribution is -2.35. The van der Waals surface area contributed by atoms with Gasteiger partial charge in [-0.05, 0) is 74.3 Å². The van der Waals surface area contributed by atoms with Crippen LogP contribution in [0.1, 0.15) is 48.0 Å². The number of phenolic OH excluding ortho intramolecular Hbond substituents is 1. The molecule has 1 aromatic heterocycles. The summed E-state index contributed by atoms with van der Waals surface area (Å²) >= 11 is 0. The molecule has 2 aliphatic rings. The Morgan fingerprint density at radius 2 is 2.04 bits per heavy atom. The van der Waals surface area contributed by atoms with Crippen LogP contribution < -0.4 is 5.32 Å². The highest BCUT2D eigenvalue weighted by atomic mass is 19.1. The summed E-state index contributed by atoms with van der Waals surface area (Å²) in [4.78, 5) is 2.51. The molecule has 1 atom stereocenters. The minimum atomic E-state index is -0.290. The van der Waals surface area contributed by atoms with Crippen LogP contribution in [-0.4, -0.2) is 34.8 Å². The lowest BCUT2D eigenvalue weighted by Gasteiger charge is -2.31. The summed E-state index contributed by atoms with van der Waals surface area (Å²) in [6, 6.07) is 10.7. The fraction of sp³-hybridized carbons (Fsp3) is 0.409. The molecule has 0 aliphatic carbocycles. The maximum atomic E-state index is 13.4. The van der Waals surface area contributed by atoms with Crippen molar-refractivity contribution in [2.24, 2.45) is 0 Å². The number of phenols is 1. The van der Waals surface area contributed by atoms with Crippen molar-refractivity contribution in [3.63, 3.8) is 0 Å². The van der Waals surface area contributed by atoms with Crippen LogP contribution in [0.4, 0.5) is 4.39 Å². The third kappa shape index (κ3) is 3.27. The normalized spacial score (nSPS) is 20.7. The van der Waals surface area contributed by atoms with E-state index < -0.39 is 0 Å². The number of nitrogens with one attached hydrogen (secondary N) is 1. The van der Waals surface area contributed by atoms with Crippen LogP contribution in [0.25, 0.3) is 11.0 Å². The van der Waals surface area contributed by atoms with Crippen molar-refractivity contribution in [1.82, 2.24) is 15.4 Å². The van der Waals surface area contributed by atoms with Gasteiger partial charge in [-0.2, -0.15) is 0 Å². The molecule has 1 fully saturated rings. The maximum Gasteiger partial charge on any atom is 0.170 e. The third-order valence-electron chi connectivity index (χ3n) is 6.21. The minimum absolute atomic E-state index is 0.290. The van der Waals surface area contributed by atoms with E-state index in [0.717, 1.165) is 56.5 Å². The predicted molar refractivity (Wildman–Crippen MR) is 105 cm³/mol. The van der Waals surface area contributed by atoms with Crippen LogP contribution in [-0.2, 0) is 6.54 Å². The summed E-state index contributed by atoms with van der Waals surface area (Å²) in [5.74, 6) is 0.421. The molecule has 146 valence electrons. The zero-order chi connectivity index (χ0) is 19.1. The van der Waals surface area contributed by atoms with Gasteiger partial charge >= 0.3 is 0 Å². The number of rotatable bonds is 4. The molecule has 1 saturated heterocycles. The Morgan fingerprint density at radius 1 is 1.18 bits per heavy atom. The molecular formula is C22H24FN3O2. The van der Waals surface area contributed by atoms with Crippen LogP contribution in [0.15, 0.2) is 40.9 Å². The zero-order valence-corrected chi connectivity index (χ0v) is 15.7. The van der Waals surface area contributed by atoms with Crippen molar-refractivity contribution in [2.45, 2.75) is 37.8 Å². The van der Waals surface area contributed by atoms with E-state index in [2.05, 4.69) is 15.4 Å². The van der Waals surface area contributed by atoms with Crippen LogP contribution in [0.3, 0.4) is 0 Å². The van der Waals surface area contributed by atoms with E-state index in [-0.39, 0.29) is 5.82 Å². The second kappa shape index (κ2) is 7.18. The van der Waals surface area contributed by atoms with Crippen molar-refractivity contribution < 1.29 is 14.0 Å². The molecule has 0 spiro atoms. The summed E-state index contributed by atoms with van der Waals surface area (Å²) in [6.45, 7) is 3.95. The van der Waals surface area contributed by atoms with Gasteiger partial charge < -0.3 is 19.8 Å². The number of nitrogens with zero attached hydrogens (tertiary/aromatic N) is 2. The summed E-state index contributed by atoms with van der Waals surface area (Å²) in [7, 11) is 0. The number of fused-ring (bicyclic) bond motifs is 2. The molecule has 0 bridgehead atoms. The van der Waals surface area contributed by atoms with E-state index in [1.165, 1.54) is 23.3 Å². The highest BCUT2D eigenvalue weighted by molar-refractivity contribution is 5.79. The molecule has 3 heterocycles. The lowest BCUT2D eigenvalue weighted by molar-refractivity contribution is 0.200. The van der Waals surface area contributed by atoms with Crippen molar-refractivity contribution in [3.8, 4) is 5.75 Å². The molecule has 5 nitrogen and oxygen atoms in total. The first-order valence-electron chi connectivity index (χ1n) is 10.00. The topological polar surface area (TPSA) is 61.5 Å². The Labute approximate surface area is 163 Å². The summed E-state index contributed by atoms with van der Waals surface area (Å²) < 4.78 is 18.7. The number of piperidine rings is 1. The Morgan fingerprint density at radius 3 is 2.89 bits per heavy atom. The molecule has 3 aromatic rings. The number of benzene rings is 2. The van der Waals surface area contributed by atoms with Gasteiger partial charge in [0.25, 0.3) is 0 Å². The first kappa shape index (κ1) is 17.6. The fourth-order valence-corrected chi connectivity index (χ4v) is 4.65. The Bertz CT molecular complexity index is 995.